The second-order valence-electron chi connectivity index (χ2n) is 4.29. The minimum Gasteiger partial charge on any atom is -0.469 e. The summed E-state index contributed by atoms with van der Waals surface area (Å²) in [5.41, 5.74) is 0. The molecule has 0 aliphatic carbocycles. The fourth-order valence-corrected chi connectivity index (χ4v) is 1.68. The van der Waals surface area contributed by atoms with Crippen LogP contribution < -0.4 is 0 Å². The van der Waals surface area contributed by atoms with Crippen molar-refractivity contribution in [1.29, 1.82) is 0 Å². The van der Waals surface area contributed by atoms with Crippen LogP contribution in [0.3, 0.4) is 0 Å². The van der Waals surface area contributed by atoms with Crippen LogP contribution in [0.4, 0.5) is 0 Å². The molecule has 2 nitrogen and oxygen atoms in total. The number of hydrogen-bond acceptors (Lipinski definition) is 2. The van der Waals surface area contributed by atoms with Gasteiger partial charge in [-0.1, -0.05) is 47.0 Å². The van der Waals surface area contributed by atoms with Crippen molar-refractivity contribution in [2.75, 3.05) is 7.11 Å². The molecule has 0 aliphatic rings. The molecule has 0 saturated carbocycles. The molecule has 0 fully saturated rings. The van der Waals surface area contributed by atoms with Crippen molar-refractivity contribution in [3.63, 3.8) is 0 Å². The van der Waals surface area contributed by atoms with Crippen molar-refractivity contribution in [2.24, 2.45) is 17.8 Å². The van der Waals surface area contributed by atoms with E-state index in [1.54, 1.807) is 0 Å². The van der Waals surface area contributed by atoms with E-state index in [0.717, 1.165) is 0 Å². The maximum Gasteiger partial charge on any atom is 0.308 e. The number of esters is 1. The highest BCUT2D eigenvalue weighted by Gasteiger charge is 2.24. The summed E-state index contributed by atoms with van der Waals surface area (Å²) in [6, 6.07) is 0. The van der Waals surface area contributed by atoms with Gasteiger partial charge in [0.1, 0.15) is 0 Å². The standard InChI is InChI=1S/C12H24O2/c1-6-7-8-9(2)10(3)11(4)12(13)14-5/h9-11H,6-8H2,1-5H3. The molecule has 2 heteroatoms. The summed E-state index contributed by atoms with van der Waals surface area (Å²) in [5.74, 6) is 0.950. The summed E-state index contributed by atoms with van der Waals surface area (Å²) in [6.45, 7) is 8.52. The largest absolute Gasteiger partial charge is 0.469 e. The minimum atomic E-state index is -0.0825. The van der Waals surface area contributed by atoms with Gasteiger partial charge in [0, 0.05) is 0 Å². The van der Waals surface area contributed by atoms with Gasteiger partial charge in [0.15, 0.2) is 0 Å². The lowest BCUT2D eigenvalue weighted by Crippen LogP contribution is -2.25. The van der Waals surface area contributed by atoms with Gasteiger partial charge in [-0.15, -0.1) is 0 Å². The van der Waals surface area contributed by atoms with Crippen molar-refractivity contribution < 1.29 is 9.53 Å². The second-order valence-corrected chi connectivity index (χ2v) is 4.29. The van der Waals surface area contributed by atoms with Crippen LogP contribution in [0.25, 0.3) is 0 Å². The quantitative estimate of drug-likeness (QED) is 0.615. The molecule has 3 atom stereocenters. The Morgan fingerprint density at radius 1 is 1.29 bits per heavy atom. The Kier molecular flexibility index (Phi) is 6.60. The minimum absolute atomic E-state index is 0.0202. The molecule has 0 bridgehead atoms. The second kappa shape index (κ2) is 6.86. The van der Waals surface area contributed by atoms with Gasteiger partial charge < -0.3 is 4.74 Å². The van der Waals surface area contributed by atoms with Gasteiger partial charge in [-0.2, -0.15) is 0 Å². The van der Waals surface area contributed by atoms with E-state index < -0.39 is 0 Å². The molecular weight excluding hydrogens is 176 g/mol. The molecular formula is C12H24O2. The third kappa shape index (κ3) is 4.12. The molecule has 0 aromatic heterocycles. The smallest absolute Gasteiger partial charge is 0.308 e. The van der Waals surface area contributed by atoms with Gasteiger partial charge in [-0.05, 0) is 11.8 Å². The number of hydrogen-bond donors (Lipinski definition) is 0. The lowest BCUT2D eigenvalue weighted by Gasteiger charge is -2.24. The summed E-state index contributed by atoms with van der Waals surface area (Å²) in [5, 5.41) is 0. The Morgan fingerprint density at radius 3 is 2.29 bits per heavy atom. The van der Waals surface area contributed by atoms with Crippen LogP contribution in [0, 0.1) is 17.8 Å². The highest BCUT2D eigenvalue weighted by atomic mass is 16.5. The maximum absolute atomic E-state index is 11.3. The number of rotatable bonds is 6. The van der Waals surface area contributed by atoms with E-state index in [0.29, 0.717) is 11.8 Å². The molecule has 84 valence electrons. The van der Waals surface area contributed by atoms with Crippen molar-refractivity contribution in [3.05, 3.63) is 0 Å². The van der Waals surface area contributed by atoms with E-state index in [1.165, 1.54) is 26.4 Å². The molecule has 0 aliphatic heterocycles. The van der Waals surface area contributed by atoms with E-state index in [-0.39, 0.29) is 11.9 Å². The zero-order valence-electron chi connectivity index (χ0n) is 10.2. The third-order valence-electron chi connectivity index (χ3n) is 3.27. The van der Waals surface area contributed by atoms with E-state index >= 15 is 0 Å². The van der Waals surface area contributed by atoms with Crippen LogP contribution in [-0.4, -0.2) is 13.1 Å². The van der Waals surface area contributed by atoms with E-state index in [2.05, 4.69) is 20.8 Å². The average molecular weight is 200 g/mol. The third-order valence-corrected chi connectivity index (χ3v) is 3.27. The lowest BCUT2D eigenvalue weighted by atomic mass is 9.82. The molecule has 0 heterocycles. The Balaban J connectivity index is 4.02. The SMILES string of the molecule is CCCCC(C)C(C)C(C)C(=O)OC. The Morgan fingerprint density at radius 2 is 1.86 bits per heavy atom. The molecule has 0 saturated heterocycles. The number of unbranched alkanes of at least 4 members (excludes halogenated alkanes) is 1. The van der Waals surface area contributed by atoms with Crippen LogP contribution >= 0.6 is 0 Å². The van der Waals surface area contributed by atoms with E-state index in [4.69, 9.17) is 4.74 Å². The van der Waals surface area contributed by atoms with Gasteiger partial charge >= 0.3 is 5.97 Å². The van der Waals surface area contributed by atoms with Gasteiger partial charge in [-0.25, -0.2) is 0 Å². The van der Waals surface area contributed by atoms with Crippen LogP contribution in [-0.2, 0) is 9.53 Å². The summed E-state index contributed by atoms with van der Waals surface area (Å²) in [7, 11) is 1.46. The topological polar surface area (TPSA) is 26.3 Å². The Bertz CT molecular complexity index is 166. The molecule has 0 spiro atoms. The molecule has 0 N–H and O–H groups in total. The first-order chi connectivity index (χ1) is 6.54. The van der Waals surface area contributed by atoms with Crippen molar-refractivity contribution in [3.8, 4) is 0 Å². The zero-order valence-corrected chi connectivity index (χ0v) is 10.2. The lowest BCUT2D eigenvalue weighted by molar-refractivity contribution is -0.147. The van der Waals surface area contributed by atoms with Gasteiger partial charge in [-0.3, -0.25) is 4.79 Å². The molecule has 14 heavy (non-hydrogen) atoms. The number of ether oxygens (including phenoxy) is 1. The normalized spacial score (nSPS) is 17.2. The van der Waals surface area contributed by atoms with Gasteiger partial charge in [0.2, 0.25) is 0 Å². The van der Waals surface area contributed by atoms with Crippen LogP contribution in [0.2, 0.25) is 0 Å². The maximum atomic E-state index is 11.3. The van der Waals surface area contributed by atoms with Gasteiger partial charge in [0.05, 0.1) is 13.0 Å². The Hall–Kier alpha value is -0.530. The van der Waals surface area contributed by atoms with Crippen LogP contribution in [0.5, 0.6) is 0 Å². The number of carbonyl (C=O) groups excluding carboxylic acids is 1. The van der Waals surface area contributed by atoms with Crippen molar-refractivity contribution in [1.82, 2.24) is 0 Å². The van der Waals surface area contributed by atoms with Crippen molar-refractivity contribution >= 4 is 5.97 Å². The summed E-state index contributed by atoms with van der Waals surface area (Å²) < 4.78 is 4.75. The predicted molar refractivity (Wildman–Crippen MR) is 59.0 cm³/mol. The van der Waals surface area contributed by atoms with E-state index in [1.807, 2.05) is 6.92 Å². The highest BCUT2D eigenvalue weighted by molar-refractivity contribution is 5.72. The zero-order chi connectivity index (χ0) is 11.1. The predicted octanol–water partition coefficient (Wildman–Crippen LogP) is 3.26. The fraction of sp³-hybridized carbons (Fsp3) is 0.917. The van der Waals surface area contributed by atoms with Crippen LogP contribution in [0.15, 0.2) is 0 Å². The monoisotopic (exact) mass is 200 g/mol. The summed E-state index contributed by atoms with van der Waals surface area (Å²) >= 11 is 0. The Labute approximate surface area is 88.0 Å². The van der Waals surface area contributed by atoms with Gasteiger partial charge in [0.25, 0.3) is 0 Å². The fourth-order valence-electron chi connectivity index (χ4n) is 1.68. The van der Waals surface area contributed by atoms with E-state index in [9.17, 15) is 4.79 Å². The van der Waals surface area contributed by atoms with Crippen molar-refractivity contribution in [2.45, 2.75) is 47.0 Å². The highest BCUT2D eigenvalue weighted by Crippen LogP contribution is 2.25. The molecule has 0 rings (SSSR count). The molecule has 0 aromatic rings. The molecule has 0 radical (unpaired) electrons. The summed E-state index contributed by atoms with van der Waals surface area (Å²) in [6.07, 6.45) is 3.68. The summed E-state index contributed by atoms with van der Waals surface area (Å²) in [4.78, 5) is 11.3. The first kappa shape index (κ1) is 13.5. The first-order valence-corrected chi connectivity index (χ1v) is 5.62. The first-order valence-electron chi connectivity index (χ1n) is 5.62. The number of methoxy groups -OCH3 is 1. The van der Waals surface area contributed by atoms with Crippen LogP contribution in [0.1, 0.15) is 47.0 Å². The molecule has 0 aromatic carbocycles. The molecule has 3 unspecified atom stereocenters. The number of carbonyl (C=O) groups is 1. The average Bonchev–Trinajstić information content (AvgIpc) is 2.22. The molecule has 0 amide bonds.